The fourth-order valence-electron chi connectivity index (χ4n) is 1.72. The van der Waals surface area contributed by atoms with Gasteiger partial charge in [-0.25, -0.2) is 21.5 Å². The molecule has 9 heteroatoms. The van der Waals surface area contributed by atoms with E-state index in [2.05, 4.69) is 9.24 Å². The summed E-state index contributed by atoms with van der Waals surface area (Å²) < 4.78 is 5.69. The summed E-state index contributed by atoms with van der Waals surface area (Å²) in [5.74, 6) is 11.3. The number of urea groups is 1. The van der Waals surface area contributed by atoms with Crippen LogP contribution in [0.4, 0.5) is 4.79 Å². The maximum atomic E-state index is 11.5. The normalized spacial score (nSPS) is 12.0. The third kappa shape index (κ3) is 4.36. The van der Waals surface area contributed by atoms with Crippen molar-refractivity contribution >= 4 is 20.6 Å². The van der Waals surface area contributed by atoms with Crippen LogP contribution in [0.2, 0.25) is 0 Å². The molecule has 8 nitrogen and oxygen atoms in total. The summed E-state index contributed by atoms with van der Waals surface area (Å²) in [5, 5.41) is 1.80. The van der Waals surface area contributed by atoms with Crippen molar-refractivity contribution in [2.45, 2.75) is 6.92 Å². The SMILES string of the molecule is Cc1cc(P)ccc1OCC(=C/N)/C(=C\N)N(N)C(=O)NN. The predicted molar refractivity (Wildman–Crippen MR) is 89.3 cm³/mol. The van der Waals surface area contributed by atoms with Crippen molar-refractivity contribution < 1.29 is 9.53 Å². The highest BCUT2D eigenvalue weighted by Crippen LogP contribution is 2.19. The number of amides is 2. The van der Waals surface area contributed by atoms with Crippen LogP contribution in [-0.4, -0.2) is 17.6 Å². The molecule has 120 valence electrons. The number of benzene rings is 1. The van der Waals surface area contributed by atoms with Crippen molar-refractivity contribution in [1.82, 2.24) is 10.4 Å². The number of nitrogens with two attached hydrogens (primary N) is 4. The van der Waals surface area contributed by atoms with Crippen LogP contribution in [0.25, 0.3) is 0 Å². The summed E-state index contributed by atoms with van der Waals surface area (Å²) in [7, 11) is 2.61. The van der Waals surface area contributed by atoms with Gasteiger partial charge in [0.25, 0.3) is 0 Å². The van der Waals surface area contributed by atoms with Gasteiger partial charge in [-0.1, -0.05) is 6.07 Å². The number of nitrogens with one attached hydrogen (secondary N) is 1. The van der Waals surface area contributed by atoms with E-state index < -0.39 is 6.03 Å². The van der Waals surface area contributed by atoms with Crippen molar-refractivity contribution in [1.29, 1.82) is 0 Å². The second-order valence-corrected chi connectivity index (χ2v) is 5.04. The van der Waals surface area contributed by atoms with Crippen molar-refractivity contribution in [2.24, 2.45) is 23.2 Å². The Morgan fingerprint density at radius 1 is 1.41 bits per heavy atom. The number of hydrogen-bond acceptors (Lipinski definition) is 6. The summed E-state index contributed by atoms with van der Waals surface area (Å²) in [6.45, 7) is 2.01. The highest BCUT2D eigenvalue weighted by Gasteiger charge is 2.17. The lowest BCUT2D eigenvalue weighted by atomic mass is 10.2. The summed E-state index contributed by atoms with van der Waals surface area (Å²) in [6, 6.07) is 4.96. The Hall–Kier alpha value is -2.28. The lowest BCUT2D eigenvalue weighted by Crippen LogP contribution is -2.47. The fraction of sp³-hybridized carbons (Fsp3) is 0.154. The molecule has 1 atom stereocenters. The average molecular weight is 324 g/mol. The van der Waals surface area contributed by atoms with Gasteiger partial charge in [-0.3, -0.25) is 5.43 Å². The number of ether oxygens (including phenoxy) is 1. The molecule has 0 aliphatic carbocycles. The minimum absolute atomic E-state index is 0.0854. The van der Waals surface area contributed by atoms with E-state index in [9.17, 15) is 4.79 Å². The minimum Gasteiger partial charge on any atom is -0.488 e. The number of rotatable bonds is 5. The van der Waals surface area contributed by atoms with Crippen LogP contribution < -0.4 is 38.6 Å². The highest BCUT2D eigenvalue weighted by molar-refractivity contribution is 7.27. The zero-order valence-corrected chi connectivity index (χ0v) is 13.4. The summed E-state index contributed by atoms with van der Waals surface area (Å²) >= 11 is 0. The van der Waals surface area contributed by atoms with Gasteiger partial charge in [-0.05, 0) is 29.9 Å². The molecule has 0 radical (unpaired) electrons. The first-order valence-corrected chi connectivity index (χ1v) is 6.89. The number of aryl methyl sites for hydroxylation is 1. The molecule has 0 aliphatic heterocycles. The largest absolute Gasteiger partial charge is 0.488 e. The van der Waals surface area contributed by atoms with E-state index in [0.29, 0.717) is 11.3 Å². The maximum absolute atomic E-state index is 11.5. The Labute approximate surface area is 131 Å². The zero-order valence-electron chi connectivity index (χ0n) is 12.2. The van der Waals surface area contributed by atoms with Gasteiger partial charge >= 0.3 is 6.03 Å². The summed E-state index contributed by atoms with van der Waals surface area (Å²) in [4.78, 5) is 11.5. The molecule has 0 saturated heterocycles. The third-order valence-corrected chi connectivity index (χ3v) is 3.23. The van der Waals surface area contributed by atoms with Gasteiger partial charge in [-0.2, -0.15) is 0 Å². The van der Waals surface area contributed by atoms with Crippen molar-refractivity contribution in [3.63, 3.8) is 0 Å². The van der Waals surface area contributed by atoms with Crippen molar-refractivity contribution in [3.05, 3.63) is 47.4 Å². The standard InChI is InChI=1S/C13H21N6O2P/c1-8-4-10(22)2-3-12(8)21-7-9(5-14)11(6-15)19(17)13(20)18-16/h2-6H,7,14-17,22H2,1H3,(H,18,20)/b9-5-,11-6+. The third-order valence-electron chi connectivity index (χ3n) is 2.87. The number of carbonyl (C=O) groups is 1. The molecule has 2 amide bonds. The van der Waals surface area contributed by atoms with E-state index in [1.165, 1.54) is 6.20 Å². The minimum atomic E-state index is -0.736. The molecule has 0 spiro atoms. The van der Waals surface area contributed by atoms with Gasteiger partial charge in [-0.15, -0.1) is 9.24 Å². The number of hydrazine groups is 2. The monoisotopic (exact) mass is 324 g/mol. The first-order valence-electron chi connectivity index (χ1n) is 6.32. The van der Waals surface area contributed by atoms with E-state index in [-0.39, 0.29) is 12.3 Å². The molecule has 0 fully saturated rings. The van der Waals surface area contributed by atoms with Gasteiger partial charge < -0.3 is 16.2 Å². The van der Waals surface area contributed by atoms with Crippen LogP contribution in [-0.2, 0) is 0 Å². The van der Waals surface area contributed by atoms with Gasteiger partial charge in [0.05, 0.1) is 5.70 Å². The molecule has 0 heterocycles. The Morgan fingerprint density at radius 2 is 2.09 bits per heavy atom. The topological polar surface area (TPSA) is 146 Å². The van der Waals surface area contributed by atoms with Crippen LogP contribution >= 0.6 is 9.24 Å². The van der Waals surface area contributed by atoms with Crippen LogP contribution in [0, 0.1) is 6.92 Å². The number of carbonyl (C=O) groups excluding carboxylic acids is 1. The smallest absolute Gasteiger partial charge is 0.350 e. The Morgan fingerprint density at radius 3 is 2.59 bits per heavy atom. The molecule has 1 aromatic rings. The quantitative estimate of drug-likeness (QED) is 0.159. The van der Waals surface area contributed by atoms with Crippen LogP contribution in [0.5, 0.6) is 5.75 Å². The summed E-state index contributed by atoms with van der Waals surface area (Å²) in [5.41, 5.74) is 14.6. The van der Waals surface area contributed by atoms with E-state index >= 15 is 0 Å². The first-order chi connectivity index (χ1) is 10.4. The summed E-state index contributed by atoms with van der Waals surface area (Å²) in [6.07, 6.45) is 2.41. The fourth-order valence-corrected chi connectivity index (χ4v) is 2.06. The van der Waals surface area contributed by atoms with Gasteiger partial charge in [0, 0.05) is 18.0 Å². The molecule has 1 aromatic carbocycles. The lowest BCUT2D eigenvalue weighted by Gasteiger charge is -2.21. The molecule has 0 bridgehead atoms. The lowest BCUT2D eigenvalue weighted by molar-refractivity contribution is 0.212. The molecular formula is C13H21N6O2P. The molecular weight excluding hydrogens is 303 g/mol. The Balaban J connectivity index is 2.86. The molecule has 9 N–H and O–H groups in total. The number of hydrogen-bond donors (Lipinski definition) is 5. The van der Waals surface area contributed by atoms with Crippen molar-refractivity contribution in [2.75, 3.05) is 6.61 Å². The Kier molecular flexibility index (Phi) is 6.65. The van der Waals surface area contributed by atoms with Crippen LogP contribution in [0.1, 0.15) is 5.56 Å². The molecule has 22 heavy (non-hydrogen) atoms. The molecule has 1 rings (SSSR count). The van der Waals surface area contributed by atoms with E-state index in [0.717, 1.165) is 22.1 Å². The van der Waals surface area contributed by atoms with Crippen LogP contribution in [0.15, 0.2) is 41.9 Å². The first kappa shape index (κ1) is 17.8. The number of nitrogens with zero attached hydrogens (tertiary/aromatic N) is 1. The van der Waals surface area contributed by atoms with Crippen LogP contribution in [0.3, 0.4) is 0 Å². The highest BCUT2D eigenvalue weighted by atomic mass is 31.0. The van der Waals surface area contributed by atoms with E-state index in [1.54, 1.807) is 0 Å². The maximum Gasteiger partial charge on any atom is 0.350 e. The second-order valence-electron chi connectivity index (χ2n) is 4.38. The van der Waals surface area contributed by atoms with E-state index in [1.807, 2.05) is 30.5 Å². The molecule has 0 aromatic heterocycles. The Bertz CT molecular complexity index is 602. The van der Waals surface area contributed by atoms with Crippen molar-refractivity contribution in [3.8, 4) is 5.75 Å². The second kappa shape index (κ2) is 8.23. The van der Waals surface area contributed by atoms with E-state index in [4.69, 9.17) is 27.9 Å². The predicted octanol–water partition coefficient (Wildman–Crippen LogP) is -0.724. The zero-order chi connectivity index (χ0) is 16.7. The van der Waals surface area contributed by atoms with Gasteiger partial charge in [0.15, 0.2) is 0 Å². The molecule has 1 unspecified atom stereocenters. The average Bonchev–Trinajstić information content (AvgIpc) is 2.51. The molecule has 0 saturated carbocycles. The van der Waals surface area contributed by atoms with Gasteiger partial charge in [0.2, 0.25) is 0 Å². The van der Waals surface area contributed by atoms with Gasteiger partial charge in [0.1, 0.15) is 12.4 Å². The molecule has 0 aliphatic rings.